The maximum atomic E-state index is 2.08. The molecule has 0 aliphatic carbocycles. The number of aryl methyl sites for hydroxylation is 2. The van der Waals surface area contributed by atoms with Gasteiger partial charge in [-0.15, -0.1) is 0 Å². The zero-order valence-electron chi connectivity index (χ0n) is 8.57. The molecule has 0 spiro atoms. The second-order valence-corrected chi connectivity index (χ2v) is 2.92. The topological polar surface area (TPSA) is 0 Å². The summed E-state index contributed by atoms with van der Waals surface area (Å²) in [4.78, 5) is 0. The van der Waals surface area contributed by atoms with Crippen LogP contribution in [0.2, 0.25) is 0 Å². The molecule has 0 nitrogen and oxygen atoms in total. The maximum absolute atomic E-state index is 2.08. The molecule has 0 bridgehead atoms. The van der Waals surface area contributed by atoms with Gasteiger partial charge < -0.3 is 12.4 Å². The van der Waals surface area contributed by atoms with Gasteiger partial charge >= 0.3 is 25.8 Å². The van der Waals surface area contributed by atoms with Crippen molar-refractivity contribution in [1.82, 2.24) is 0 Å². The molecular weight excluding hydrogens is 225 g/mol. The van der Waals surface area contributed by atoms with Crippen molar-refractivity contribution in [3.05, 3.63) is 59.7 Å². The zero-order valence-corrected chi connectivity index (χ0v) is 11.1. The molecule has 0 saturated carbocycles. The zero-order chi connectivity index (χ0) is 8.81. The largest absolute Gasteiger partial charge is 3.00 e. The predicted molar refractivity (Wildman–Crippen MR) is 53.5 cm³/mol. The minimum absolute atomic E-state index is 0. The monoisotopic (exact) mass is 238 g/mol. The van der Waals surface area contributed by atoms with Crippen LogP contribution in [0.1, 0.15) is 11.1 Å². The van der Waals surface area contributed by atoms with E-state index in [1.807, 2.05) is 24.3 Å². The molecule has 2 aromatic rings. The first-order valence-corrected chi connectivity index (χ1v) is 4.15. The molecule has 0 heterocycles. The van der Waals surface area contributed by atoms with Crippen LogP contribution in [0.25, 0.3) is 0 Å². The fraction of sp³-hybridized carbons (Fsp3) is 0.167. The molecule has 14 heavy (non-hydrogen) atoms. The van der Waals surface area contributed by atoms with Gasteiger partial charge in [0, 0.05) is 0 Å². The van der Waals surface area contributed by atoms with E-state index < -0.39 is 0 Å². The van der Waals surface area contributed by atoms with Gasteiger partial charge in [-0.25, -0.2) is 24.3 Å². The van der Waals surface area contributed by atoms with Gasteiger partial charge in [-0.05, 0) is 0 Å². The first-order chi connectivity index (χ1) is 5.79. The summed E-state index contributed by atoms with van der Waals surface area (Å²) in [6.07, 6.45) is 0. The molecule has 0 atom stereocenters. The molecule has 0 aromatic heterocycles. The van der Waals surface area contributed by atoms with Gasteiger partial charge in [0.05, 0.1) is 0 Å². The summed E-state index contributed by atoms with van der Waals surface area (Å²) in [5, 5.41) is 0. The Morgan fingerprint density at radius 1 is 0.643 bits per heavy atom. The van der Waals surface area contributed by atoms with Crippen LogP contribution < -0.4 is 12.4 Å². The molecule has 0 amide bonds. The Morgan fingerprint density at radius 2 is 0.857 bits per heavy atom. The van der Waals surface area contributed by atoms with Crippen molar-refractivity contribution < 1.29 is 38.3 Å². The van der Waals surface area contributed by atoms with Crippen molar-refractivity contribution in [2.45, 2.75) is 13.8 Å². The molecular formula is C12H14ClSc. The van der Waals surface area contributed by atoms with E-state index >= 15 is 0 Å². The first-order valence-electron chi connectivity index (χ1n) is 4.15. The summed E-state index contributed by atoms with van der Waals surface area (Å²) in [5.41, 5.74) is 2.69. The summed E-state index contributed by atoms with van der Waals surface area (Å²) in [6, 6.07) is 16.5. The standard InChI is InChI=1S/2C6H7.ClH.Sc/c2*1-6-4-2-3-5-6;;/h2*2-5H,1H3;1H;/q2*-1;;+3/p-1. The molecule has 2 heteroatoms. The van der Waals surface area contributed by atoms with E-state index in [9.17, 15) is 0 Å². The summed E-state index contributed by atoms with van der Waals surface area (Å²) < 4.78 is 0. The van der Waals surface area contributed by atoms with Gasteiger partial charge in [-0.3, -0.25) is 0 Å². The van der Waals surface area contributed by atoms with Crippen LogP contribution in [0, 0.1) is 13.8 Å². The molecule has 2 aromatic carbocycles. The Bertz CT molecular complexity index is 250. The molecule has 0 aliphatic heterocycles. The first kappa shape index (κ1) is 16.3. The Balaban J connectivity index is 0. The van der Waals surface area contributed by atoms with E-state index in [2.05, 4.69) is 38.1 Å². The third kappa shape index (κ3) is 7.28. The number of hydrogen-bond donors (Lipinski definition) is 0. The maximum Gasteiger partial charge on any atom is 3.00 e. The van der Waals surface area contributed by atoms with Crippen molar-refractivity contribution >= 4 is 0 Å². The van der Waals surface area contributed by atoms with Gasteiger partial charge in [-0.1, -0.05) is 13.8 Å². The van der Waals surface area contributed by atoms with Crippen LogP contribution in [0.3, 0.4) is 0 Å². The van der Waals surface area contributed by atoms with Crippen molar-refractivity contribution in [3.8, 4) is 0 Å². The van der Waals surface area contributed by atoms with Gasteiger partial charge in [0.1, 0.15) is 0 Å². The Morgan fingerprint density at radius 3 is 0.929 bits per heavy atom. The van der Waals surface area contributed by atoms with E-state index in [1.165, 1.54) is 11.1 Å². The van der Waals surface area contributed by atoms with Crippen molar-refractivity contribution in [2.75, 3.05) is 0 Å². The second-order valence-electron chi connectivity index (χ2n) is 2.92. The minimum Gasteiger partial charge on any atom is -1.00 e. The van der Waals surface area contributed by atoms with E-state index in [0.717, 1.165) is 0 Å². The molecule has 0 aliphatic rings. The minimum atomic E-state index is 0. The van der Waals surface area contributed by atoms with Crippen LogP contribution in [-0.2, 0) is 25.8 Å². The molecule has 2 rings (SSSR count). The van der Waals surface area contributed by atoms with Crippen LogP contribution in [0.5, 0.6) is 0 Å². The smallest absolute Gasteiger partial charge is 1.00 e. The SMILES string of the molecule is C[c-]1cccc1.C[c-]1cccc1.[Cl-].[Sc+3]. The van der Waals surface area contributed by atoms with Crippen LogP contribution in [-0.4, -0.2) is 0 Å². The van der Waals surface area contributed by atoms with Crippen molar-refractivity contribution in [3.63, 3.8) is 0 Å². The fourth-order valence-corrected chi connectivity index (χ4v) is 0.940. The average Bonchev–Trinajstić information content (AvgIpc) is 2.63. The molecule has 72 valence electrons. The Labute approximate surface area is 111 Å². The molecule has 0 N–H and O–H groups in total. The van der Waals surface area contributed by atoms with Crippen molar-refractivity contribution in [1.29, 1.82) is 0 Å². The summed E-state index contributed by atoms with van der Waals surface area (Å²) in [7, 11) is 0. The normalized spacial score (nSPS) is 7.57. The van der Waals surface area contributed by atoms with E-state index in [1.54, 1.807) is 0 Å². The molecule has 0 radical (unpaired) electrons. The predicted octanol–water partition coefficient (Wildman–Crippen LogP) is 0.429. The van der Waals surface area contributed by atoms with Gasteiger partial charge in [0.25, 0.3) is 0 Å². The summed E-state index contributed by atoms with van der Waals surface area (Å²) in [6.45, 7) is 4.17. The van der Waals surface area contributed by atoms with Crippen LogP contribution >= 0.6 is 0 Å². The summed E-state index contributed by atoms with van der Waals surface area (Å²) in [5.74, 6) is 0. The van der Waals surface area contributed by atoms with E-state index in [0.29, 0.717) is 0 Å². The molecule has 0 unspecified atom stereocenters. The van der Waals surface area contributed by atoms with Crippen LogP contribution in [0.4, 0.5) is 0 Å². The number of rotatable bonds is 0. The van der Waals surface area contributed by atoms with E-state index in [-0.39, 0.29) is 38.3 Å². The van der Waals surface area contributed by atoms with Crippen molar-refractivity contribution in [2.24, 2.45) is 0 Å². The summed E-state index contributed by atoms with van der Waals surface area (Å²) >= 11 is 0. The Kier molecular flexibility index (Phi) is 11.0. The average molecular weight is 239 g/mol. The number of halogens is 1. The molecule has 0 fully saturated rings. The quantitative estimate of drug-likeness (QED) is 0.584. The van der Waals surface area contributed by atoms with E-state index in [4.69, 9.17) is 0 Å². The second kappa shape index (κ2) is 9.42. The Hall–Kier alpha value is -0.140. The molecule has 0 saturated heterocycles. The third-order valence-corrected chi connectivity index (χ3v) is 1.66. The van der Waals surface area contributed by atoms with Gasteiger partial charge in [-0.2, -0.15) is 35.4 Å². The number of hydrogen-bond acceptors (Lipinski definition) is 0. The van der Waals surface area contributed by atoms with Gasteiger partial charge in [0.15, 0.2) is 0 Å². The van der Waals surface area contributed by atoms with Gasteiger partial charge in [0.2, 0.25) is 0 Å². The van der Waals surface area contributed by atoms with Crippen LogP contribution in [0.15, 0.2) is 48.5 Å². The fourth-order valence-electron chi connectivity index (χ4n) is 0.940. The third-order valence-electron chi connectivity index (χ3n) is 1.66.